The van der Waals surface area contributed by atoms with Crippen molar-refractivity contribution >= 4 is 26.8 Å². The Balaban J connectivity index is 1.42. The number of nitrogens with one attached hydrogen (secondary N) is 2. The van der Waals surface area contributed by atoms with E-state index >= 15 is 0 Å². The van der Waals surface area contributed by atoms with Crippen molar-refractivity contribution in [1.29, 1.82) is 0 Å². The van der Waals surface area contributed by atoms with Crippen molar-refractivity contribution in [3.05, 3.63) is 94.6 Å². The second kappa shape index (κ2) is 10.7. The zero-order valence-corrected chi connectivity index (χ0v) is 19.5. The van der Waals surface area contributed by atoms with E-state index in [2.05, 4.69) is 62.8 Å². The number of halogens is 1. The maximum Gasteiger partial charge on any atom is 0.119 e. The molecule has 3 N–H and O–H groups in total. The quantitative estimate of drug-likeness (QED) is 0.287. The molecule has 2 atom stereocenters. The molecule has 4 rings (SSSR count). The number of hydrogen-bond acceptors (Lipinski definition) is 4. The number of hydrogen-bond donors (Lipinski definition) is 3. The molecule has 0 aliphatic heterocycles. The largest absolute Gasteiger partial charge is 0.497 e. The van der Waals surface area contributed by atoms with E-state index in [1.807, 2.05) is 42.5 Å². The van der Waals surface area contributed by atoms with Gasteiger partial charge in [-0.2, -0.15) is 0 Å². The highest BCUT2D eigenvalue weighted by Gasteiger charge is 2.19. The Morgan fingerprint density at radius 2 is 1.66 bits per heavy atom. The predicted molar refractivity (Wildman–Crippen MR) is 132 cm³/mol. The van der Waals surface area contributed by atoms with Gasteiger partial charge in [-0.3, -0.25) is 0 Å². The van der Waals surface area contributed by atoms with Crippen molar-refractivity contribution < 1.29 is 14.6 Å². The lowest BCUT2D eigenvalue weighted by Crippen LogP contribution is -2.34. The zero-order chi connectivity index (χ0) is 22.3. The summed E-state index contributed by atoms with van der Waals surface area (Å²) < 4.78 is 12.0. The molecule has 0 aliphatic carbocycles. The van der Waals surface area contributed by atoms with E-state index in [1.54, 1.807) is 7.11 Å². The van der Waals surface area contributed by atoms with Crippen LogP contribution in [-0.2, 0) is 0 Å². The third kappa shape index (κ3) is 5.51. The van der Waals surface area contributed by atoms with Crippen LogP contribution in [0.1, 0.15) is 17.0 Å². The number of aliphatic hydroxyl groups excluding tert-OH is 1. The summed E-state index contributed by atoms with van der Waals surface area (Å²) in [6.45, 7) is 1.35. The topological polar surface area (TPSA) is 66.5 Å². The van der Waals surface area contributed by atoms with Gasteiger partial charge in [-0.1, -0.05) is 46.3 Å². The molecule has 5 nitrogen and oxygen atoms in total. The van der Waals surface area contributed by atoms with Crippen molar-refractivity contribution in [1.82, 2.24) is 10.3 Å². The number of H-pyrrole nitrogens is 1. The molecule has 3 aromatic carbocycles. The molecule has 0 aliphatic rings. The Bertz CT molecular complexity index is 1130. The van der Waals surface area contributed by atoms with Crippen LogP contribution in [-0.4, -0.2) is 43.0 Å². The second-order valence-electron chi connectivity index (χ2n) is 7.69. The zero-order valence-electron chi connectivity index (χ0n) is 17.9. The molecule has 0 fully saturated rings. The van der Waals surface area contributed by atoms with Crippen LogP contribution >= 0.6 is 15.9 Å². The Kier molecular flexibility index (Phi) is 7.47. The van der Waals surface area contributed by atoms with E-state index in [0.717, 1.165) is 21.5 Å². The van der Waals surface area contributed by atoms with Gasteiger partial charge in [-0.05, 0) is 53.6 Å². The van der Waals surface area contributed by atoms with Crippen molar-refractivity contribution in [3.8, 4) is 11.5 Å². The number of para-hydroxylation sites is 1. The van der Waals surface area contributed by atoms with E-state index in [4.69, 9.17) is 9.47 Å². The van der Waals surface area contributed by atoms with Gasteiger partial charge in [0.15, 0.2) is 0 Å². The Morgan fingerprint density at radius 3 is 2.41 bits per heavy atom. The molecule has 32 heavy (non-hydrogen) atoms. The van der Waals surface area contributed by atoms with E-state index < -0.39 is 6.10 Å². The van der Waals surface area contributed by atoms with Crippen LogP contribution in [0, 0.1) is 0 Å². The van der Waals surface area contributed by atoms with Crippen LogP contribution in [0.15, 0.2) is 83.5 Å². The Morgan fingerprint density at radius 1 is 0.938 bits per heavy atom. The molecule has 166 valence electrons. The van der Waals surface area contributed by atoms with Crippen LogP contribution in [0.2, 0.25) is 0 Å². The molecule has 0 amide bonds. The van der Waals surface area contributed by atoms with Gasteiger partial charge < -0.3 is 24.9 Å². The van der Waals surface area contributed by atoms with Gasteiger partial charge in [0.25, 0.3) is 0 Å². The number of methoxy groups -OCH3 is 1. The second-order valence-corrected chi connectivity index (χ2v) is 8.61. The van der Waals surface area contributed by atoms with Crippen molar-refractivity contribution in [2.45, 2.75) is 12.0 Å². The molecule has 1 heterocycles. The Labute approximate surface area is 196 Å². The maximum absolute atomic E-state index is 10.4. The lowest BCUT2D eigenvalue weighted by molar-refractivity contribution is 0.106. The summed E-state index contributed by atoms with van der Waals surface area (Å²) in [5.74, 6) is 1.69. The SMILES string of the molecule is COc1ccc([C@H](CNC[C@H](O)COc2ccc(Br)cc2)c2c[nH]c3ccccc23)cc1. The van der Waals surface area contributed by atoms with Gasteiger partial charge in [0.05, 0.1) is 7.11 Å². The van der Waals surface area contributed by atoms with E-state index in [0.29, 0.717) is 13.1 Å². The lowest BCUT2D eigenvalue weighted by atomic mass is 9.90. The number of aliphatic hydroxyl groups is 1. The maximum atomic E-state index is 10.4. The van der Waals surface area contributed by atoms with Crippen LogP contribution in [0.3, 0.4) is 0 Å². The minimum Gasteiger partial charge on any atom is -0.497 e. The predicted octanol–water partition coefficient (Wildman–Crippen LogP) is 5.10. The molecule has 0 unspecified atom stereocenters. The number of ether oxygens (including phenoxy) is 2. The van der Waals surface area contributed by atoms with Crippen molar-refractivity contribution in [2.75, 3.05) is 26.8 Å². The van der Waals surface area contributed by atoms with Crippen LogP contribution in [0.5, 0.6) is 11.5 Å². The van der Waals surface area contributed by atoms with E-state index in [1.165, 1.54) is 16.5 Å². The van der Waals surface area contributed by atoms with Crippen LogP contribution in [0.4, 0.5) is 0 Å². The summed E-state index contributed by atoms with van der Waals surface area (Å²) in [6, 6.07) is 24.1. The molecule has 0 radical (unpaired) electrons. The summed E-state index contributed by atoms with van der Waals surface area (Å²) in [5, 5.41) is 15.0. The highest BCUT2D eigenvalue weighted by atomic mass is 79.9. The van der Waals surface area contributed by atoms with Crippen molar-refractivity contribution in [2.24, 2.45) is 0 Å². The average Bonchev–Trinajstić information content (AvgIpc) is 3.25. The van der Waals surface area contributed by atoms with Gasteiger partial charge in [-0.15, -0.1) is 0 Å². The third-order valence-corrected chi connectivity index (χ3v) is 6.03. The monoisotopic (exact) mass is 494 g/mol. The average molecular weight is 495 g/mol. The summed E-state index contributed by atoms with van der Waals surface area (Å²) in [7, 11) is 1.67. The number of aromatic nitrogens is 1. The van der Waals surface area contributed by atoms with Crippen LogP contribution in [0.25, 0.3) is 10.9 Å². The molecule has 0 saturated carbocycles. The first kappa shape index (κ1) is 22.4. The lowest BCUT2D eigenvalue weighted by Gasteiger charge is -2.20. The van der Waals surface area contributed by atoms with Crippen LogP contribution < -0.4 is 14.8 Å². The summed E-state index contributed by atoms with van der Waals surface area (Å²) >= 11 is 3.41. The molecule has 0 saturated heterocycles. The van der Waals surface area contributed by atoms with Gasteiger partial charge in [0, 0.05) is 40.6 Å². The standard InChI is InChI=1S/C26H27BrN2O3/c1-31-21-10-6-18(7-11-21)24(25-16-29-26-5-3-2-4-23(25)26)15-28-14-20(30)17-32-22-12-8-19(27)9-13-22/h2-13,16,20,24,28-30H,14-15,17H2,1H3/t20-,24-/m0/s1. The fourth-order valence-electron chi connectivity index (χ4n) is 3.80. The minimum absolute atomic E-state index is 0.122. The normalized spacial score (nSPS) is 13.1. The third-order valence-electron chi connectivity index (χ3n) is 5.50. The summed E-state index contributed by atoms with van der Waals surface area (Å²) in [5.41, 5.74) is 3.52. The van der Waals surface area contributed by atoms with Gasteiger partial charge in [0.2, 0.25) is 0 Å². The molecule has 6 heteroatoms. The van der Waals surface area contributed by atoms with Gasteiger partial charge >= 0.3 is 0 Å². The Hall–Kier alpha value is -2.80. The minimum atomic E-state index is -0.613. The number of benzene rings is 3. The number of fused-ring (bicyclic) bond motifs is 1. The number of aromatic amines is 1. The highest BCUT2D eigenvalue weighted by molar-refractivity contribution is 9.10. The summed E-state index contributed by atoms with van der Waals surface area (Å²) in [6.07, 6.45) is 1.46. The summed E-state index contributed by atoms with van der Waals surface area (Å²) in [4.78, 5) is 3.38. The highest BCUT2D eigenvalue weighted by Crippen LogP contribution is 2.31. The smallest absolute Gasteiger partial charge is 0.119 e. The first-order valence-corrected chi connectivity index (χ1v) is 11.4. The molecule has 1 aromatic heterocycles. The molecular formula is C26H27BrN2O3. The molecule has 4 aromatic rings. The first-order valence-electron chi connectivity index (χ1n) is 10.6. The molecule has 0 spiro atoms. The number of rotatable bonds is 10. The fourth-order valence-corrected chi connectivity index (χ4v) is 4.07. The van der Waals surface area contributed by atoms with E-state index in [9.17, 15) is 5.11 Å². The fraction of sp³-hybridized carbons (Fsp3) is 0.231. The first-order chi connectivity index (χ1) is 15.6. The van der Waals surface area contributed by atoms with Gasteiger partial charge in [-0.25, -0.2) is 0 Å². The molecule has 0 bridgehead atoms. The van der Waals surface area contributed by atoms with Gasteiger partial charge in [0.1, 0.15) is 24.2 Å². The van der Waals surface area contributed by atoms with E-state index in [-0.39, 0.29) is 12.5 Å². The molecular weight excluding hydrogens is 468 g/mol. The van der Waals surface area contributed by atoms with Crippen molar-refractivity contribution in [3.63, 3.8) is 0 Å².